The first-order valence-electron chi connectivity index (χ1n) is 9.87. The molecule has 4 rings (SSSR count). The average molecular weight is 433 g/mol. The molecule has 0 spiro atoms. The summed E-state index contributed by atoms with van der Waals surface area (Å²) in [6.45, 7) is 4.10. The minimum Gasteiger partial charge on any atom is -0.507 e. The number of nitrogens with zero attached hydrogens (tertiary/aromatic N) is 2. The Labute approximate surface area is 185 Å². The molecule has 3 aromatic rings. The quantitative estimate of drug-likeness (QED) is 0.359. The van der Waals surface area contributed by atoms with E-state index >= 15 is 0 Å². The minimum atomic E-state index is -0.737. The second-order valence-electron chi connectivity index (χ2n) is 7.64. The number of aryl methyl sites for hydroxylation is 2. The van der Waals surface area contributed by atoms with Crippen LogP contribution in [0.4, 0.5) is 0 Å². The van der Waals surface area contributed by atoms with E-state index in [0.717, 1.165) is 16.7 Å². The molecular formula is C25H21ClN2O3. The van der Waals surface area contributed by atoms with E-state index in [1.54, 1.807) is 48.8 Å². The highest BCUT2D eigenvalue weighted by Crippen LogP contribution is 2.40. The van der Waals surface area contributed by atoms with Gasteiger partial charge >= 0.3 is 0 Å². The van der Waals surface area contributed by atoms with Crippen molar-refractivity contribution in [3.63, 3.8) is 0 Å². The molecule has 1 unspecified atom stereocenters. The number of carbonyl (C=O) groups is 2. The smallest absolute Gasteiger partial charge is 0.295 e. The Bertz CT molecular complexity index is 1190. The third kappa shape index (κ3) is 3.97. The highest BCUT2D eigenvalue weighted by Gasteiger charge is 2.46. The molecule has 6 heteroatoms. The molecule has 1 amide bonds. The van der Waals surface area contributed by atoms with E-state index in [1.165, 1.54) is 4.90 Å². The summed E-state index contributed by atoms with van der Waals surface area (Å²) in [5, 5.41) is 11.7. The van der Waals surface area contributed by atoms with Crippen molar-refractivity contribution < 1.29 is 14.7 Å². The first-order chi connectivity index (χ1) is 14.9. The van der Waals surface area contributed by atoms with Gasteiger partial charge in [0.05, 0.1) is 11.6 Å². The molecule has 2 aromatic carbocycles. The molecule has 1 aliphatic heterocycles. The topological polar surface area (TPSA) is 70.5 Å². The van der Waals surface area contributed by atoms with Gasteiger partial charge in [-0.25, -0.2) is 0 Å². The molecule has 31 heavy (non-hydrogen) atoms. The number of rotatable bonds is 4. The molecule has 1 N–H and O–H groups in total. The van der Waals surface area contributed by atoms with Crippen LogP contribution in [-0.4, -0.2) is 26.7 Å². The van der Waals surface area contributed by atoms with Crippen LogP contribution < -0.4 is 0 Å². The fourth-order valence-electron chi connectivity index (χ4n) is 3.77. The van der Waals surface area contributed by atoms with Gasteiger partial charge in [-0.3, -0.25) is 14.6 Å². The Morgan fingerprint density at radius 2 is 1.81 bits per heavy atom. The van der Waals surface area contributed by atoms with E-state index in [-0.39, 0.29) is 17.9 Å². The lowest BCUT2D eigenvalue weighted by Gasteiger charge is -2.25. The molecule has 1 fully saturated rings. The van der Waals surface area contributed by atoms with Gasteiger partial charge in [-0.2, -0.15) is 0 Å². The Hall–Kier alpha value is -3.44. The number of hydrogen-bond donors (Lipinski definition) is 1. The highest BCUT2D eigenvalue weighted by molar-refractivity contribution is 6.46. The number of aliphatic hydroxyl groups is 1. The van der Waals surface area contributed by atoms with Crippen LogP contribution in [0.5, 0.6) is 0 Å². The van der Waals surface area contributed by atoms with Gasteiger partial charge in [-0.05, 0) is 60.4 Å². The third-order valence-electron chi connectivity index (χ3n) is 5.58. The number of pyridine rings is 1. The summed E-state index contributed by atoms with van der Waals surface area (Å²) in [7, 11) is 0. The normalized spacial score (nSPS) is 17.9. The van der Waals surface area contributed by atoms with Crippen LogP contribution in [0.1, 0.15) is 33.9 Å². The maximum Gasteiger partial charge on any atom is 0.295 e. The zero-order valence-corrected chi connectivity index (χ0v) is 17.9. The van der Waals surface area contributed by atoms with E-state index in [9.17, 15) is 14.7 Å². The SMILES string of the molecule is Cc1ccc(/C(O)=C2/C(=O)C(=O)N(Cc3cccnc3)C2c2ccc(Cl)cc2)cc1C. The summed E-state index contributed by atoms with van der Waals surface area (Å²) >= 11 is 6.05. The summed E-state index contributed by atoms with van der Waals surface area (Å²) in [4.78, 5) is 31.7. The maximum atomic E-state index is 13.1. The lowest BCUT2D eigenvalue weighted by molar-refractivity contribution is -0.140. The molecule has 2 heterocycles. The fourth-order valence-corrected chi connectivity index (χ4v) is 3.89. The second kappa shape index (κ2) is 8.36. The maximum absolute atomic E-state index is 13.1. The van der Waals surface area contributed by atoms with Crippen molar-refractivity contribution in [1.82, 2.24) is 9.88 Å². The van der Waals surface area contributed by atoms with Crippen LogP contribution in [0.3, 0.4) is 0 Å². The monoisotopic (exact) mass is 432 g/mol. The number of ketones is 1. The molecule has 0 aliphatic carbocycles. The molecule has 1 atom stereocenters. The van der Waals surface area contributed by atoms with Crippen LogP contribution in [0.2, 0.25) is 5.02 Å². The van der Waals surface area contributed by atoms with Crippen molar-refractivity contribution in [3.05, 3.63) is 105 Å². The molecule has 0 radical (unpaired) electrons. The van der Waals surface area contributed by atoms with E-state index in [4.69, 9.17) is 11.6 Å². The van der Waals surface area contributed by atoms with Gasteiger partial charge in [-0.1, -0.05) is 41.9 Å². The zero-order chi connectivity index (χ0) is 22.1. The van der Waals surface area contributed by atoms with Gasteiger partial charge in [0, 0.05) is 29.5 Å². The summed E-state index contributed by atoms with van der Waals surface area (Å²) in [5.74, 6) is -1.55. The molecule has 5 nitrogen and oxygen atoms in total. The number of amides is 1. The Kier molecular flexibility index (Phi) is 5.61. The Balaban J connectivity index is 1.87. The Morgan fingerprint density at radius 3 is 2.45 bits per heavy atom. The van der Waals surface area contributed by atoms with Crippen LogP contribution >= 0.6 is 11.6 Å². The first-order valence-corrected chi connectivity index (χ1v) is 10.2. The van der Waals surface area contributed by atoms with Gasteiger partial charge in [0.25, 0.3) is 11.7 Å². The first kappa shape index (κ1) is 20.8. The number of carbonyl (C=O) groups excluding carboxylic acids is 2. The molecule has 0 bridgehead atoms. The van der Waals surface area contributed by atoms with Gasteiger partial charge in [0.1, 0.15) is 5.76 Å². The molecule has 1 aromatic heterocycles. The zero-order valence-electron chi connectivity index (χ0n) is 17.2. The number of Topliss-reactive ketones (excluding diaryl/α,β-unsaturated/α-hetero) is 1. The number of halogens is 1. The summed E-state index contributed by atoms with van der Waals surface area (Å²) in [6, 6.07) is 15.3. The van der Waals surface area contributed by atoms with Crippen molar-refractivity contribution in [2.45, 2.75) is 26.4 Å². The summed E-state index contributed by atoms with van der Waals surface area (Å²) < 4.78 is 0. The van der Waals surface area contributed by atoms with Crippen LogP contribution in [-0.2, 0) is 16.1 Å². The van der Waals surface area contributed by atoms with Crippen LogP contribution in [0.15, 0.2) is 72.6 Å². The highest BCUT2D eigenvalue weighted by atomic mass is 35.5. The van der Waals surface area contributed by atoms with Crippen LogP contribution in [0.25, 0.3) is 5.76 Å². The summed E-state index contributed by atoms with van der Waals surface area (Å²) in [6.07, 6.45) is 3.30. The van der Waals surface area contributed by atoms with Crippen molar-refractivity contribution in [1.29, 1.82) is 0 Å². The summed E-state index contributed by atoms with van der Waals surface area (Å²) in [5.41, 5.74) is 4.10. The van der Waals surface area contributed by atoms with Crippen LogP contribution in [0, 0.1) is 13.8 Å². The minimum absolute atomic E-state index is 0.0689. The van der Waals surface area contributed by atoms with Crippen molar-refractivity contribution >= 4 is 29.1 Å². The van der Waals surface area contributed by atoms with Crippen molar-refractivity contribution in [2.75, 3.05) is 0 Å². The number of aromatic nitrogens is 1. The average Bonchev–Trinajstić information content (AvgIpc) is 3.01. The van der Waals surface area contributed by atoms with Gasteiger partial charge < -0.3 is 10.0 Å². The molecule has 0 saturated carbocycles. The van der Waals surface area contributed by atoms with Crippen molar-refractivity contribution in [2.24, 2.45) is 0 Å². The number of likely N-dealkylation sites (tertiary alicyclic amines) is 1. The van der Waals surface area contributed by atoms with E-state index in [2.05, 4.69) is 4.98 Å². The van der Waals surface area contributed by atoms with Gasteiger partial charge in [-0.15, -0.1) is 0 Å². The predicted molar refractivity (Wildman–Crippen MR) is 119 cm³/mol. The molecular weight excluding hydrogens is 412 g/mol. The second-order valence-corrected chi connectivity index (χ2v) is 8.08. The fraction of sp³-hybridized carbons (Fsp3) is 0.160. The lowest BCUT2D eigenvalue weighted by atomic mass is 9.94. The molecule has 1 saturated heterocycles. The van der Waals surface area contributed by atoms with E-state index < -0.39 is 17.7 Å². The standard InChI is InChI=1S/C25H21ClN2O3/c1-15-5-6-19(12-16(15)2)23(29)21-22(18-7-9-20(26)10-8-18)28(25(31)24(21)30)14-17-4-3-11-27-13-17/h3-13,22,29H,14H2,1-2H3/b23-21-. The van der Waals surface area contributed by atoms with Crippen molar-refractivity contribution in [3.8, 4) is 0 Å². The molecule has 1 aliphatic rings. The predicted octanol–water partition coefficient (Wildman–Crippen LogP) is 4.97. The third-order valence-corrected chi connectivity index (χ3v) is 5.83. The number of aliphatic hydroxyl groups excluding tert-OH is 1. The number of benzene rings is 2. The number of hydrogen-bond acceptors (Lipinski definition) is 4. The largest absolute Gasteiger partial charge is 0.507 e. The van der Waals surface area contributed by atoms with Gasteiger partial charge in [0.15, 0.2) is 0 Å². The molecule has 156 valence electrons. The van der Waals surface area contributed by atoms with E-state index in [0.29, 0.717) is 16.1 Å². The van der Waals surface area contributed by atoms with Gasteiger partial charge in [0.2, 0.25) is 0 Å². The Morgan fingerprint density at radius 1 is 1.06 bits per heavy atom. The lowest BCUT2D eigenvalue weighted by Crippen LogP contribution is -2.29. The van der Waals surface area contributed by atoms with E-state index in [1.807, 2.05) is 32.0 Å².